The number of pyridine rings is 1. The molecule has 4 nitrogen and oxygen atoms in total. The number of imidazole rings is 1. The third-order valence-electron chi connectivity index (χ3n) is 3.32. The van der Waals surface area contributed by atoms with Gasteiger partial charge in [0.1, 0.15) is 17.1 Å². The average molecular weight is 322 g/mol. The molecular formula is C15H13Cl2N3O. The third-order valence-corrected chi connectivity index (χ3v) is 3.79. The van der Waals surface area contributed by atoms with E-state index in [4.69, 9.17) is 27.9 Å². The lowest BCUT2D eigenvalue weighted by atomic mass is 10.2. The first kappa shape index (κ1) is 14.2. The Morgan fingerprint density at radius 3 is 2.81 bits per heavy atom. The van der Waals surface area contributed by atoms with Gasteiger partial charge in [-0.1, -0.05) is 11.6 Å². The van der Waals surface area contributed by atoms with Gasteiger partial charge in [0.25, 0.3) is 0 Å². The Hall–Kier alpha value is -1.78. The molecule has 0 atom stereocenters. The Labute approximate surface area is 132 Å². The smallest absolute Gasteiger partial charge is 0.165 e. The molecule has 0 saturated carbocycles. The molecule has 21 heavy (non-hydrogen) atoms. The van der Waals surface area contributed by atoms with Gasteiger partial charge in [-0.2, -0.15) is 0 Å². The predicted octanol–water partition coefficient (Wildman–Crippen LogP) is 4.13. The molecule has 2 aromatic heterocycles. The first-order valence-corrected chi connectivity index (χ1v) is 7.29. The van der Waals surface area contributed by atoms with E-state index in [2.05, 4.69) is 9.97 Å². The Kier molecular flexibility index (Phi) is 3.74. The van der Waals surface area contributed by atoms with Gasteiger partial charge in [0.15, 0.2) is 5.65 Å². The fourth-order valence-corrected chi connectivity index (χ4v) is 2.67. The monoisotopic (exact) mass is 321 g/mol. The van der Waals surface area contributed by atoms with E-state index in [-0.39, 0.29) is 5.88 Å². The standard InChI is InChI=1S/C15H13Cl2N3O/c1-9-5-6-18-15-14(9)19-13(8-16)20(15)11-7-10(17)3-4-12(11)21-2/h3-7H,8H2,1-2H3. The molecule has 0 fully saturated rings. The highest BCUT2D eigenvalue weighted by molar-refractivity contribution is 6.30. The van der Waals surface area contributed by atoms with Gasteiger partial charge in [0, 0.05) is 11.2 Å². The summed E-state index contributed by atoms with van der Waals surface area (Å²) in [4.78, 5) is 9.02. The third kappa shape index (κ3) is 2.34. The highest BCUT2D eigenvalue weighted by Crippen LogP contribution is 2.31. The van der Waals surface area contributed by atoms with Crippen LogP contribution in [0, 0.1) is 6.92 Å². The van der Waals surface area contributed by atoms with Crippen molar-refractivity contribution in [3.05, 3.63) is 46.9 Å². The van der Waals surface area contributed by atoms with Crippen molar-refractivity contribution in [2.45, 2.75) is 12.8 Å². The zero-order chi connectivity index (χ0) is 15.0. The number of halogens is 2. The topological polar surface area (TPSA) is 39.9 Å². The molecule has 108 valence electrons. The van der Waals surface area contributed by atoms with E-state index in [1.807, 2.05) is 29.7 Å². The summed E-state index contributed by atoms with van der Waals surface area (Å²) in [6.07, 6.45) is 1.75. The lowest BCUT2D eigenvalue weighted by Crippen LogP contribution is -2.03. The van der Waals surface area contributed by atoms with Crippen LogP contribution in [0.25, 0.3) is 16.9 Å². The molecule has 3 rings (SSSR count). The minimum Gasteiger partial charge on any atom is -0.495 e. The normalized spacial score (nSPS) is 11.0. The van der Waals surface area contributed by atoms with Gasteiger partial charge < -0.3 is 4.74 Å². The van der Waals surface area contributed by atoms with Gasteiger partial charge in [-0.15, -0.1) is 11.6 Å². The number of hydrogen-bond donors (Lipinski definition) is 0. The van der Waals surface area contributed by atoms with Crippen LogP contribution in [0.5, 0.6) is 5.75 Å². The average Bonchev–Trinajstić information content (AvgIpc) is 2.87. The maximum Gasteiger partial charge on any atom is 0.165 e. The molecule has 2 heterocycles. The van der Waals surface area contributed by atoms with Crippen molar-refractivity contribution in [2.75, 3.05) is 7.11 Å². The number of rotatable bonds is 3. The number of nitrogens with zero attached hydrogens (tertiary/aromatic N) is 3. The zero-order valence-electron chi connectivity index (χ0n) is 11.6. The SMILES string of the molecule is COc1ccc(Cl)cc1-n1c(CCl)nc2c(C)ccnc21. The fraction of sp³-hybridized carbons (Fsp3) is 0.200. The zero-order valence-corrected chi connectivity index (χ0v) is 13.1. The number of methoxy groups -OCH3 is 1. The second kappa shape index (κ2) is 5.54. The Morgan fingerprint density at radius 2 is 2.10 bits per heavy atom. The number of benzene rings is 1. The Morgan fingerprint density at radius 1 is 1.29 bits per heavy atom. The summed E-state index contributed by atoms with van der Waals surface area (Å²) in [5.41, 5.74) is 3.40. The molecule has 0 aliphatic carbocycles. The molecule has 0 spiro atoms. The van der Waals surface area contributed by atoms with Crippen LogP contribution in [-0.4, -0.2) is 21.6 Å². The van der Waals surface area contributed by atoms with Crippen molar-refractivity contribution < 1.29 is 4.74 Å². The van der Waals surface area contributed by atoms with Crippen LogP contribution in [0.4, 0.5) is 0 Å². The second-order valence-corrected chi connectivity index (χ2v) is 5.32. The van der Waals surface area contributed by atoms with Gasteiger partial charge in [-0.05, 0) is 36.8 Å². The number of alkyl halides is 1. The molecular weight excluding hydrogens is 309 g/mol. The highest BCUT2D eigenvalue weighted by Gasteiger charge is 2.17. The second-order valence-electron chi connectivity index (χ2n) is 4.61. The quantitative estimate of drug-likeness (QED) is 0.681. The van der Waals surface area contributed by atoms with Crippen molar-refractivity contribution >= 4 is 34.4 Å². The van der Waals surface area contributed by atoms with E-state index in [1.165, 1.54) is 0 Å². The summed E-state index contributed by atoms with van der Waals surface area (Å²) >= 11 is 12.2. The van der Waals surface area contributed by atoms with Crippen LogP contribution in [0.3, 0.4) is 0 Å². The minimum absolute atomic E-state index is 0.269. The summed E-state index contributed by atoms with van der Waals surface area (Å²) in [6, 6.07) is 7.34. The summed E-state index contributed by atoms with van der Waals surface area (Å²) in [5.74, 6) is 1.66. The molecule has 6 heteroatoms. The number of fused-ring (bicyclic) bond motifs is 1. The van der Waals surface area contributed by atoms with Crippen LogP contribution in [0.2, 0.25) is 5.02 Å². The van der Waals surface area contributed by atoms with Crippen molar-refractivity contribution in [1.82, 2.24) is 14.5 Å². The Bertz CT molecular complexity index is 814. The number of aromatic nitrogens is 3. The van der Waals surface area contributed by atoms with E-state index < -0.39 is 0 Å². The van der Waals surface area contributed by atoms with Crippen LogP contribution in [0.15, 0.2) is 30.5 Å². The van der Waals surface area contributed by atoms with E-state index in [0.717, 1.165) is 22.4 Å². The van der Waals surface area contributed by atoms with Gasteiger partial charge in [0.2, 0.25) is 0 Å². The first-order chi connectivity index (χ1) is 10.2. The predicted molar refractivity (Wildman–Crippen MR) is 84.7 cm³/mol. The number of aryl methyl sites for hydroxylation is 1. The molecule has 0 saturated heterocycles. The van der Waals surface area contributed by atoms with Crippen LogP contribution in [0.1, 0.15) is 11.4 Å². The maximum absolute atomic E-state index is 6.13. The van der Waals surface area contributed by atoms with E-state index in [1.54, 1.807) is 19.4 Å². The molecule has 0 radical (unpaired) electrons. The molecule has 3 aromatic rings. The van der Waals surface area contributed by atoms with E-state index >= 15 is 0 Å². The van der Waals surface area contributed by atoms with Crippen molar-refractivity contribution in [1.29, 1.82) is 0 Å². The van der Waals surface area contributed by atoms with Gasteiger partial charge in [-0.3, -0.25) is 4.57 Å². The lowest BCUT2D eigenvalue weighted by Gasteiger charge is -2.12. The molecule has 0 aliphatic rings. The molecule has 0 unspecified atom stereocenters. The van der Waals surface area contributed by atoms with Gasteiger partial charge in [-0.25, -0.2) is 9.97 Å². The maximum atomic E-state index is 6.13. The van der Waals surface area contributed by atoms with E-state index in [9.17, 15) is 0 Å². The lowest BCUT2D eigenvalue weighted by molar-refractivity contribution is 0.413. The summed E-state index contributed by atoms with van der Waals surface area (Å²) < 4.78 is 7.31. The van der Waals surface area contributed by atoms with Crippen molar-refractivity contribution in [2.24, 2.45) is 0 Å². The highest BCUT2D eigenvalue weighted by atomic mass is 35.5. The number of ether oxygens (including phenoxy) is 1. The number of hydrogen-bond acceptors (Lipinski definition) is 3. The van der Waals surface area contributed by atoms with E-state index in [0.29, 0.717) is 16.6 Å². The molecule has 1 aromatic carbocycles. The van der Waals surface area contributed by atoms with Crippen LogP contribution < -0.4 is 4.74 Å². The molecule has 0 N–H and O–H groups in total. The molecule has 0 aliphatic heterocycles. The van der Waals surface area contributed by atoms with Crippen molar-refractivity contribution in [3.8, 4) is 11.4 Å². The fourth-order valence-electron chi connectivity index (χ4n) is 2.32. The van der Waals surface area contributed by atoms with Crippen molar-refractivity contribution in [3.63, 3.8) is 0 Å². The minimum atomic E-state index is 0.269. The summed E-state index contributed by atoms with van der Waals surface area (Å²) in [6.45, 7) is 1.99. The molecule has 0 bridgehead atoms. The van der Waals surface area contributed by atoms with Gasteiger partial charge >= 0.3 is 0 Å². The van der Waals surface area contributed by atoms with Gasteiger partial charge in [0.05, 0.1) is 18.7 Å². The van der Waals surface area contributed by atoms with Crippen LogP contribution >= 0.6 is 23.2 Å². The first-order valence-electron chi connectivity index (χ1n) is 6.38. The largest absolute Gasteiger partial charge is 0.495 e. The molecule has 0 amide bonds. The Balaban J connectivity index is 2.39. The van der Waals surface area contributed by atoms with Crippen LogP contribution in [-0.2, 0) is 5.88 Å². The summed E-state index contributed by atoms with van der Waals surface area (Å²) in [5, 5.41) is 0.612. The summed E-state index contributed by atoms with van der Waals surface area (Å²) in [7, 11) is 1.62.